The molecule has 0 aliphatic carbocycles. The summed E-state index contributed by atoms with van der Waals surface area (Å²) in [5.74, 6) is 2.44. The number of hydrogen-bond donors (Lipinski definition) is 0. The van der Waals surface area contributed by atoms with Crippen LogP contribution in [-0.4, -0.2) is 58.0 Å². The van der Waals surface area contributed by atoms with E-state index in [9.17, 15) is 0 Å². The molecule has 3 aliphatic heterocycles. The molecular formula is C22H24O6. The molecule has 6 heteroatoms. The van der Waals surface area contributed by atoms with E-state index in [1.807, 2.05) is 24.3 Å². The predicted octanol–water partition coefficient (Wildman–Crippen LogP) is 2.99. The van der Waals surface area contributed by atoms with Gasteiger partial charge in [0, 0.05) is 11.1 Å². The Bertz CT molecular complexity index is 839. The lowest BCUT2D eigenvalue weighted by Crippen LogP contribution is -2.08. The van der Waals surface area contributed by atoms with Crippen LogP contribution in [-0.2, 0) is 14.2 Å². The molecule has 3 atom stereocenters. The first kappa shape index (κ1) is 17.8. The summed E-state index contributed by atoms with van der Waals surface area (Å²) >= 11 is 0. The van der Waals surface area contributed by atoms with Gasteiger partial charge >= 0.3 is 0 Å². The van der Waals surface area contributed by atoms with E-state index in [2.05, 4.69) is 19.1 Å². The first-order valence-electron chi connectivity index (χ1n) is 9.73. The lowest BCUT2D eigenvalue weighted by Gasteiger charge is -2.18. The Morgan fingerprint density at radius 1 is 0.786 bits per heavy atom. The number of ether oxygens (including phenoxy) is 6. The second-order valence-electron chi connectivity index (χ2n) is 7.41. The molecule has 6 nitrogen and oxygen atoms in total. The standard InChI is InChI=1S/C22H24O6/c1-14-3-2-4-19(22(14)28-13-18-11-26-18)20-7-15(23-8-16-9-24-16)5-6-21(20)27-12-17-10-25-17/h2-7,16-18H,8-13H2,1H3. The van der Waals surface area contributed by atoms with Gasteiger partial charge < -0.3 is 28.4 Å². The van der Waals surface area contributed by atoms with Gasteiger partial charge in [-0.1, -0.05) is 18.2 Å². The first-order chi connectivity index (χ1) is 13.8. The molecule has 3 aliphatic rings. The monoisotopic (exact) mass is 384 g/mol. The maximum atomic E-state index is 6.12. The van der Waals surface area contributed by atoms with Crippen LogP contribution in [0.25, 0.3) is 11.1 Å². The van der Waals surface area contributed by atoms with Crippen LogP contribution in [0.4, 0.5) is 0 Å². The summed E-state index contributed by atoms with van der Waals surface area (Å²) in [6.07, 6.45) is 0.599. The van der Waals surface area contributed by atoms with Crippen molar-refractivity contribution in [2.24, 2.45) is 0 Å². The van der Waals surface area contributed by atoms with Crippen molar-refractivity contribution in [1.82, 2.24) is 0 Å². The summed E-state index contributed by atoms with van der Waals surface area (Å²) in [5, 5.41) is 0. The van der Waals surface area contributed by atoms with E-state index >= 15 is 0 Å². The molecule has 3 unspecified atom stereocenters. The molecule has 5 rings (SSSR count). The summed E-state index contributed by atoms with van der Waals surface area (Å²) in [6, 6.07) is 12.0. The fourth-order valence-electron chi connectivity index (χ4n) is 3.03. The molecule has 3 saturated heterocycles. The van der Waals surface area contributed by atoms with E-state index in [0.29, 0.717) is 19.8 Å². The van der Waals surface area contributed by atoms with Crippen LogP contribution in [0.5, 0.6) is 17.2 Å². The predicted molar refractivity (Wildman–Crippen MR) is 102 cm³/mol. The third kappa shape index (κ3) is 4.41. The van der Waals surface area contributed by atoms with Crippen molar-refractivity contribution in [1.29, 1.82) is 0 Å². The minimum atomic E-state index is 0.191. The van der Waals surface area contributed by atoms with Gasteiger partial charge in [0.2, 0.25) is 0 Å². The van der Waals surface area contributed by atoms with Crippen molar-refractivity contribution in [3.8, 4) is 28.4 Å². The minimum absolute atomic E-state index is 0.191. The maximum Gasteiger partial charge on any atom is 0.130 e. The average molecular weight is 384 g/mol. The second kappa shape index (κ2) is 7.62. The van der Waals surface area contributed by atoms with Gasteiger partial charge in [-0.15, -0.1) is 0 Å². The van der Waals surface area contributed by atoms with Gasteiger partial charge in [-0.05, 0) is 30.7 Å². The van der Waals surface area contributed by atoms with Crippen molar-refractivity contribution < 1.29 is 28.4 Å². The van der Waals surface area contributed by atoms with Gasteiger partial charge in [0.15, 0.2) is 0 Å². The topological polar surface area (TPSA) is 65.3 Å². The molecule has 0 bridgehead atoms. The smallest absolute Gasteiger partial charge is 0.130 e. The highest BCUT2D eigenvalue weighted by Gasteiger charge is 2.27. The number of epoxide rings is 3. The number of aryl methyl sites for hydroxylation is 1. The molecule has 3 fully saturated rings. The first-order valence-corrected chi connectivity index (χ1v) is 9.73. The van der Waals surface area contributed by atoms with E-state index in [-0.39, 0.29) is 18.3 Å². The van der Waals surface area contributed by atoms with Crippen molar-refractivity contribution in [3.05, 3.63) is 42.0 Å². The Balaban J connectivity index is 1.45. The molecule has 3 heterocycles. The number of benzene rings is 2. The number of rotatable bonds is 10. The van der Waals surface area contributed by atoms with Gasteiger partial charge in [-0.2, -0.15) is 0 Å². The Hall–Kier alpha value is -2.28. The van der Waals surface area contributed by atoms with Crippen LogP contribution >= 0.6 is 0 Å². The summed E-state index contributed by atoms with van der Waals surface area (Å²) < 4.78 is 33.9. The highest BCUT2D eigenvalue weighted by molar-refractivity contribution is 5.78. The summed E-state index contributed by atoms with van der Waals surface area (Å²) in [6.45, 7) is 6.01. The summed E-state index contributed by atoms with van der Waals surface area (Å²) in [4.78, 5) is 0. The summed E-state index contributed by atoms with van der Waals surface area (Å²) in [7, 11) is 0. The normalized spacial score (nSPS) is 24.5. The van der Waals surface area contributed by atoms with Crippen molar-refractivity contribution >= 4 is 0 Å². The van der Waals surface area contributed by atoms with E-state index in [0.717, 1.165) is 53.8 Å². The summed E-state index contributed by atoms with van der Waals surface area (Å²) in [5.41, 5.74) is 3.01. The van der Waals surface area contributed by atoms with E-state index in [1.54, 1.807) is 0 Å². The molecule has 0 amide bonds. The highest BCUT2D eigenvalue weighted by Crippen LogP contribution is 2.41. The molecule has 0 spiro atoms. The molecule has 2 aromatic rings. The Morgan fingerprint density at radius 3 is 2.11 bits per heavy atom. The molecule has 0 aromatic heterocycles. The van der Waals surface area contributed by atoms with Gasteiger partial charge in [0.25, 0.3) is 0 Å². The molecule has 148 valence electrons. The van der Waals surface area contributed by atoms with Crippen molar-refractivity contribution in [3.63, 3.8) is 0 Å². The third-order valence-corrected chi connectivity index (χ3v) is 4.93. The zero-order chi connectivity index (χ0) is 18.9. The van der Waals surface area contributed by atoms with Crippen LogP contribution in [0.15, 0.2) is 36.4 Å². The van der Waals surface area contributed by atoms with Gasteiger partial charge in [-0.25, -0.2) is 0 Å². The largest absolute Gasteiger partial charge is 0.491 e. The average Bonchev–Trinajstić information content (AvgIpc) is 3.56. The minimum Gasteiger partial charge on any atom is -0.491 e. The molecule has 0 radical (unpaired) electrons. The van der Waals surface area contributed by atoms with Gasteiger partial charge in [-0.3, -0.25) is 0 Å². The van der Waals surface area contributed by atoms with Crippen LogP contribution in [0, 0.1) is 6.92 Å². The Morgan fingerprint density at radius 2 is 1.43 bits per heavy atom. The molecular weight excluding hydrogens is 360 g/mol. The van der Waals surface area contributed by atoms with Crippen LogP contribution in [0.1, 0.15) is 5.56 Å². The molecule has 0 saturated carbocycles. The second-order valence-corrected chi connectivity index (χ2v) is 7.41. The number of hydrogen-bond acceptors (Lipinski definition) is 6. The van der Waals surface area contributed by atoms with Crippen LogP contribution in [0.2, 0.25) is 0 Å². The van der Waals surface area contributed by atoms with Crippen LogP contribution in [0.3, 0.4) is 0 Å². The molecule has 0 N–H and O–H groups in total. The zero-order valence-electron chi connectivity index (χ0n) is 15.9. The number of para-hydroxylation sites is 1. The Kier molecular flexibility index (Phi) is 4.84. The fourth-order valence-corrected chi connectivity index (χ4v) is 3.03. The van der Waals surface area contributed by atoms with Crippen molar-refractivity contribution in [2.75, 3.05) is 39.6 Å². The third-order valence-electron chi connectivity index (χ3n) is 4.93. The lowest BCUT2D eigenvalue weighted by atomic mass is 10.0. The zero-order valence-corrected chi connectivity index (χ0v) is 15.9. The Labute approximate surface area is 164 Å². The molecule has 2 aromatic carbocycles. The van der Waals surface area contributed by atoms with Gasteiger partial charge in [0.1, 0.15) is 55.4 Å². The highest BCUT2D eigenvalue weighted by atomic mass is 16.6. The van der Waals surface area contributed by atoms with Crippen molar-refractivity contribution in [2.45, 2.75) is 25.2 Å². The maximum absolute atomic E-state index is 6.12. The van der Waals surface area contributed by atoms with E-state index < -0.39 is 0 Å². The van der Waals surface area contributed by atoms with E-state index in [4.69, 9.17) is 28.4 Å². The molecule has 28 heavy (non-hydrogen) atoms. The van der Waals surface area contributed by atoms with Gasteiger partial charge in [0.05, 0.1) is 19.8 Å². The van der Waals surface area contributed by atoms with Crippen LogP contribution < -0.4 is 14.2 Å². The fraction of sp³-hybridized carbons (Fsp3) is 0.455. The van der Waals surface area contributed by atoms with E-state index in [1.165, 1.54) is 0 Å². The lowest BCUT2D eigenvalue weighted by molar-refractivity contribution is 0.257. The quantitative estimate of drug-likeness (QED) is 0.587. The SMILES string of the molecule is Cc1cccc(-c2cc(OCC3CO3)ccc2OCC2CO2)c1OCC1CO1.